The molecule has 1 aromatic carbocycles. The van der Waals surface area contributed by atoms with Gasteiger partial charge in [0, 0.05) is 51.6 Å². The number of rotatable bonds is 6. The normalized spacial score (nSPS) is 24.0. The van der Waals surface area contributed by atoms with Crippen LogP contribution in [-0.2, 0) is 0 Å². The molecule has 0 amide bonds. The highest BCUT2D eigenvalue weighted by Crippen LogP contribution is 2.45. The fraction of sp³-hybridized carbons (Fsp3) is 0.769. The predicted octanol–water partition coefficient (Wildman–Crippen LogP) is 5.99. The largest absolute Gasteiger partial charge is 0.378 e. The van der Waals surface area contributed by atoms with E-state index in [-0.39, 0.29) is 0 Å². The van der Waals surface area contributed by atoms with E-state index in [1.807, 2.05) is 0 Å². The minimum absolute atomic E-state index is 0.456. The van der Waals surface area contributed by atoms with Crippen molar-refractivity contribution in [2.24, 2.45) is 11.3 Å². The van der Waals surface area contributed by atoms with E-state index in [1.54, 1.807) is 5.56 Å². The van der Waals surface area contributed by atoms with Gasteiger partial charge in [0.05, 0.1) is 0 Å². The Bertz CT molecular complexity index is 630. The lowest BCUT2D eigenvalue weighted by atomic mass is 9.68. The van der Waals surface area contributed by atoms with Gasteiger partial charge in [-0.3, -0.25) is 4.90 Å². The molecule has 3 rings (SSSR count). The second-order valence-corrected chi connectivity index (χ2v) is 10.7. The van der Waals surface area contributed by atoms with Gasteiger partial charge in [0.25, 0.3) is 0 Å². The Morgan fingerprint density at radius 3 is 2.17 bits per heavy atom. The highest BCUT2D eigenvalue weighted by molar-refractivity contribution is 5.64. The van der Waals surface area contributed by atoms with E-state index in [2.05, 4.69) is 74.7 Å². The molecule has 2 fully saturated rings. The first-order chi connectivity index (χ1) is 13.8. The van der Waals surface area contributed by atoms with Crippen LogP contribution in [0.25, 0.3) is 0 Å². The summed E-state index contributed by atoms with van der Waals surface area (Å²) in [6.07, 6.45) is 8.10. The molecule has 0 aromatic heterocycles. The van der Waals surface area contributed by atoms with Gasteiger partial charge in [-0.15, -0.1) is 0 Å². The summed E-state index contributed by atoms with van der Waals surface area (Å²) in [7, 11) is 4.33. The number of anilines is 2. The molecular weight excluding hydrogens is 354 g/mol. The highest BCUT2D eigenvalue weighted by Gasteiger charge is 2.32. The number of hydrogen-bond donors (Lipinski definition) is 0. The quantitative estimate of drug-likeness (QED) is 0.581. The maximum atomic E-state index is 2.68. The smallest absolute Gasteiger partial charge is 0.0423 e. The molecule has 1 aliphatic heterocycles. The summed E-state index contributed by atoms with van der Waals surface area (Å²) in [5, 5.41) is 0. The summed E-state index contributed by atoms with van der Waals surface area (Å²) in [6, 6.07) is 7.26. The van der Waals surface area contributed by atoms with Crippen LogP contribution in [-0.4, -0.2) is 51.7 Å². The molecule has 3 nitrogen and oxygen atoms in total. The topological polar surface area (TPSA) is 9.72 Å². The fourth-order valence-electron chi connectivity index (χ4n) is 5.29. The molecular formula is C26H45N3. The van der Waals surface area contributed by atoms with Gasteiger partial charge in [0.15, 0.2) is 0 Å². The average Bonchev–Trinajstić information content (AvgIpc) is 2.71. The third kappa shape index (κ3) is 5.69. The molecule has 0 atom stereocenters. The van der Waals surface area contributed by atoms with Crippen molar-refractivity contribution in [2.45, 2.75) is 72.1 Å². The van der Waals surface area contributed by atoms with Gasteiger partial charge in [-0.25, -0.2) is 0 Å². The van der Waals surface area contributed by atoms with Crippen molar-refractivity contribution >= 4 is 11.4 Å². The van der Waals surface area contributed by atoms with Gasteiger partial charge in [0.2, 0.25) is 0 Å². The van der Waals surface area contributed by atoms with Gasteiger partial charge in [-0.05, 0) is 73.6 Å². The number of benzene rings is 1. The van der Waals surface area contributed by atoms with Crippen LogP contribution >= 0.6 is 0 Å². The third-order valence-corrected chi connectivity index (χ3v) is 7.46. The first kappa shape index (κ1) is 22.5. The second-order valence-electron chi connectivity index (χ2n) is 10.7. The van der Waals surface area contributed by atoms with Crippen molar-refractivity contribution in [3.8, 4) is 0 Å². The van der Waals surface area contributed by atoms with Crippen molar-refractivity contribution in [3.63, 3.8) is 0 Å². The number of nitrogens with zero attached hydrogens (tertiary/aromatic N) is 3. The molecule has 0 radical (unpaired) electrons. The lowest BCUT2D eigenvalue weighted by molar-refractivity contribution is 0.169. The summed E-state index contributed by atoms with van der Waals surface area (Å²) in [4.78, 5) is 7.59. The van der Waals surface area contributed by atoms with Crippen LogP contribution in [0.4, 0.5) is 11.4 Å². The van der Waals surface area contributed by atoms with Gasteiger partial charge in [-0.2, -0.15) is 0 Å². The van der Waals surface area contributed by atoms with Crippen LogP contribution in [0.1, 0.15) is 77.7 Å². The van der Waals surface area contributed by atoms with Crippen LogP contribution < -0.4 is 9.80 Å². The Morgan fingerprint density at radius 1 is 0.966 bits per heavy atom. The minimum atomic E-state index is 0.456. The van der Waals surface area contributed by atoms with E-state index < -0.39 is 0 Å². The average molecular weight is 400 g/mol. The lowest BCUT2D eigenvalue weighted by Gasteiger charge is -2.40. The molecule has 1 aliphatic carbocycles. The minimum Gasteiger partial charge on any atom is -0.378 e. The van der Waals surface area contributed by atoms with Crippen LogP contribution in [0.15, 0.2) is 18.2 Å². The molecule has 1 saturated carbocycles. The van der Waals surface area contributed by atoms with E-state index >= 15 is 0 Å². The van der Waals surface area contributed by atoms with Gasteiger partial charge in [0.1, 0.15) is 0 Å². The fourth-order valence-corrected chi connectivity index (χ4v) is 5.29. The Labute approximate surface area is 180 Å². The second kappa shape index (κ2) is 9.73. The highest BCUT2D eigenvalue weighted by atomic mass is 15.3. The first-order valence-corrected chi connectivity index (χ1v) is 12.1. The monoisotopic (exact) mass is 399 g/mol. The Hall–Kier alpha value is -1.22. The van der Waals surface area contributed by atoms with Gasteiger partial charge < -0.3 is 9.80 Å². The van der Waals surface area contributed by atoms with Gasteiger partial charge in [-0.1, -0.05) is 40.2 Å². The molecule has 0 unspecified atom stereocenters. The summed E-state index contributed by atoms with van der Waals surface area (Å²) in [5.74, 6) is 1.61. The SMILES string of the molecule is CCCCN1CCN(c2cc(N(C)C)ccc2C2CCC(C(C)(C)C)CC2)CC1. The molecule has 3 heteroatoms. The Kier molecular flexibility index (Phi) is 7.53. The third-order valence-electron chi connectivity index (χ3n) is 7.46. The summed E-state index contributed by atoms with van der Waals surface area (Å²) in [5.41, 5.74) is 4.92. The Morgan fingerprint density at radius 2 is 1.62 bits per heavy atom. The lowest BCUT2D eigenvalue weighted by Crippen LogP contribution is -2.47. The zero-order valence-electron chi connectivity index (χ0n) is 20.0. The standard InChI is InChI=1S/C26H45N3/c1-7-8-15-28-16-18-29(19-17-28)25-20-23(27(5)6)13-14-24(25)21-9-11-22(12-10-21)26(2,3)4/h13-14,20-22H,7-12,15-19H2,1-6H3. The predicted molar refractivity (Wildman–Crippen MR) is 128 cm³/mol. The molecule has 1 saturated heterocycles. The number of hydrogen-bond acceptors (Lipinski definition) is 3. The maximum absolute atomic E-state index is 2.68. The first-order valence-electron chi connectivity index (χ1n) is 12.1. The van der Waals surface area contributed by atoms with Crippen molar-refractivity contribution in [1.29, 1.82) is 0 Å². The van der Waals surface area contributed by atoms with Crippen LogP contribution in [0.3, 0.4) is 0 Å². The summed E-state index contributed by atoms with van der Waals surface area (Å²) >= 11 is 0. The molecule has 164 valence electrons. The summed E-state index contributed by atoms with van der Waals surface area (Å²) < 4.78 is 0. The molecule has 1 aromatic rings. The molecule has 1 heterocycles. The van der Waals surface area contributed by atoms with Crippen LogP contribution in [0.2, 0.25) is 0 Å². The van der Waals surface area contributed by atoms with E-state index in [0.29, 0.717) is 5.41 Å². The van der Waals surface area contributed by atoms with Crippen molar-refractivity contribution < 1.29 is 0 Å². The van der Waals surface area contributed by atoms with Gasteiger partial charge >= 0.3 is 0 Å². The van der Waals surface area contributed by atoms with E-state index in [0.717, 1.165) is 11.8 Å². The number of piperazine rings is 1. The maximum Gasteiger partial charge on any atom is 0.0423 e. The number of unbranched alkanes of at least 4 members (excludes halogenated alkanes) is 1. The summed E-state index contributed by atoms with van der Waals surface area (Å²) in [6.45, 7) is 15.6. The van der Waals surface area contributed by atoms with E-state index in [9.17, 15) is 0 Å². The zero-order chi connectivity index (χ0) is 21.0. The van der Waals surface area contributed by atoms with Crippen molar-refractivity contribution in [1.82, 2.24) is 4.90 Å². The molecule has 0 bridgehead atoms. The Balaban J connectivity index is 1.75. The molecule has 0 N–H and O–H groups in total. The van der Waals surface area contributed by atoms with Crippen LogP contribution in [0.5, 0.6) is 0 Å². The van der Waals surface area contributed by atoms with Crippen molar-refractivity contribution in [2.75, 3.05) is 56.6 Å². The molecule has 0 spiro atoms. The van der Waals surface area contributed by atoms with Crippen LogP contribution in [0, 0.1) is 11.3 Å². The molecule has 29 heavy (non-hydrogen) atoms. The zero-order valence-corrected chi connectivity index (χ0v) is 20.0. The van der Waals surface area contributed by atoms with E-state index in [4.69, 9.17) is 0 Å². The molecule has 2 aliphatic rings. The van der Waals surface area contributed by atoms with Crippen molar-refractivity contribution in [3.05, 3.63) is 23.8 Å². The van der Waals surface area contributed by atoms with E-state index in [1.165, 1.54) is 82.6 Å².